The van der Waals surface area contributed by atoms with Crippen molar-refractivity contribution < 1.29 is 9.59 Å². The fraction of sp³-hybridized carbons (Fsp3) is 0.161. The minimum absolute atomic E-state index is 0.0191. The highest BCUT2D eigenvalue weighted by Gasteiger charge is 2.34. The highest BCUT2D eigenvalue weighted by atomic mass is 79.9. The maximum atomic E-state index is 12.6. The molecule has 3 aromatic carbocycles. The van der Waals surface area contributed by atoms with Crippen LogP contribution < -0.4 is 11.1 Å². The summed E-state index contributed by atoms with van der Waals surface area (Å²) in [6.45, 7) is 1.51. The molecule has 2 aromatic heterocycles. The van der Waals surface area contributed by atoms with E-state index in [2.05, 4.69) is 90.7 Å². The van der Waals surface area contributed by atoms with Gasteiger partial charge in [-0.1, -0.05) is 67.9 Å². The molecule has 6 rings (SSSR count). The van der Waals surface area contributed by atoms with Crippen LogP contribution in [-0.2, 0) is 11.2 Å². The maximum Gasteiger partial charge on any atom is 0.234 e. The average Bonchev–Trinajstić information content (AvgIpc) is 3.36. The van der Waals surface area contributed by atoms with Gasteiger partial charge >= 0.3 is 0 Å². The van der Waals surface area contributed by atoms with Gasteiger partial charge in [-0.15, -0.1) is 23.1 Å². The minimum Gasteiger partial charge on any atom is -0.383 e. The smallest absolute Gasteiger partial charge is 0.234 e. The first-order valence-corrected chi connectivity index (χ1v) is 17.4. The van der Waals surface area contributed by atoms with E-state index in [0.29, 0.717) is 22.2 Å². The second-order valence-electron chi connectivity index (χ2n) is 9.80. The van der Waals surface area contributed by atoms with Crippen LogP contribution in [0.2, 0.25) is 0 Å². The normalized spacial score (nSPS) is 16.3. The lowest BCUT2D eigenvalue weighted by molar-refractivity contribution is -0.113. The molecule has 0 unspecified atom stereocenters. The number of nitrogens with one attached hydrogen (secondary N) is 1. The number of nitrogens with two attached hydrogens (primary N) is 1. The lowest BCUT2D eigenvalue weighted by Gasteiger charge is -2.30. The molecule has 6 nitrogen and oxygen atoms in total. The van der Waals surface area contributed by atoms with Gasteiger partial charge in [-0.3, -0.25) is 9.59 Å². The zero-order valence-electron chi connectivity index (χ0n) is 22.3. The van der Waals surface area contributed by atoms with Crippen LogP contribution in [0.3, 0.4) is 0 Å². The molecular weight excluding hydrogens is 716 g/mol. The third kappa shape index (κ3) is 6.30. The van der Waals surface area contributed by atoms with Crippen LogP contribution in [0.25, 0.3) is 10.2 Å². The highest BCUT2D eigenvalue weighted by Crippen LogP contribution is 2.56. The Morgan fingerprint density at radius 3 is 2.24 bits per heavy atom. The number of thiophene rings is 1. The zero-order chi connectivity index (χ0) is 29.4. The number of carbonyl (C=O) groups excluding carboxylic acids is 2. The van der Waals surface area contributed by atoms with Crippen LogP contribution in [-0.4, -0.2) is 27.4 Å². The summed E-state index contributed by atoms with van der Waals surface area (Å²) in [5.41, 5.74) is 11.5. The second-order valence-corrected chi connectivity index (χ2v) is 14.9. The quantitative estimate of drug-likeness (QED) is 0.0978. The summed E-state index contributed by atoms with van der Waals surface area (Å²) in [4.78, 5) is 35.7. The molecule has 42 heavy (non-hydrogen) atoms. The lowest BCUT2D eigenvalue weighted by atomic mass is 9.98. The first kappa shape index (κ1) is 29.4. The van der Waals surface area contributed by atoms with Gasteiger partial charge in [0.2, 0.25) is 5.91 Å². The largest absolute Gasteiger partial charge is 0.383 e. The number of anilines is 2. The van der Waals surface area contributed by atoms with Gasteiger partial charge in [0, 0.05) is 30.3 Å². The Morgan fingerprint density at radius 1 is 0.952 bits per heavy atom. The molecule has 3 N–H and O–H groups in total. The van der Waals surface area contributed by atoms with Crippen LogP contribution in [0.1, 0.15) is 49.3 Å². The number of halogens is 2. The summed E-state index contributed by atoms with van der Waals surface area (Å²) in [7, 11) is 0. The number of hydrogen-bond donors (Lipinski definition) is 2. The Balaban J connectivity index is 1.28. The molecule has 0 fully saturated rings. The highest BCUT2D eigenvalue weighted by molar-refractivity contribution is 9.10. The number of hydrogen-bond acceptors (Lipinski definition) is 8. The van der Waals surface area contributed by atoms with E-state index in [9.17, 15) is 9.59 Å². The molecule has 2 atom stereocenters. The van der Waals surface area contributed by atoms with Crippen LogP contribution in [0.5, 0.6) is 0 Å². The number of rotatable bonds is 7. The zero-order valence-corrected chi connectivity index (χ0v) is 27.9. The van der Waals surface area contributed by atoms with Crippen molar-refractivity contribution in [2.45, 2.75) is 29.0 Å². The summed E-state index contributed by atoms with van der Waals surface area (Å²) < 4.78 is 2.10. The van der Waals surface area contributed by atoms with Crippen LogP contribution in [0.15, 0.2) is 86.9 Å². The number of thioether (sulfide) groups is 2. The van der Waals surface area contributed by atoms with E-state index in [4.69, 9.17) is 10.7 Å². The van der Waals surface area contributed by atoms with E-state index < -0.39 is 0 Å². The molecule has 1 aliphatic heterocycles. The van der Waals surface area contributed by atoms with Crippen LogP contribution in [0, 0.1) is 0 Å². The SMILES string of the molecule is CC(=O)c1ccc(NC(=O)CSc2nc(N)c3c4c(sc3n2)[C@@H](c2ccc(Br)cc2)S[C@H](c2ccc(Br)cc2)C4)cc1. The summed E-state index contributed by atoms with van der Waals surface area (Å²) >= 11 is 12.0. The van der Waals surface area contributed by atoms with Gasteiger partial charge in [0.15, 0.2) is 10.9 Å². The van der Waals surface area contributed by atoms with Crippen molar-refractivity contribution in [2.75, 3.05) is 16.8 Å². The van der Waals surface area contributed by atoms with Gasteiger partial charge < -0.3 is 11.1 Å². The van der Waals surface area contributed by atoms with Crippen LogP contribution in [0.4, 0.5) is 11.5 Å². The summed E-state index contributed by atoms with van der Waals surface area (Å²) in [5.74, 6) is 0.367. The number of carbonyl (C=O) groups is 2. The summed E-state index contributed by atoms with van der Waals surface area (Å²) in [5, 5.41) is 4.62. The molecule has 212 valence electrons. The molecule has 0 spiro atoms. The number of nitrogen functional groups attached to an aromatic ring is 1. The van der Waals surface area contributed by atoms with E-state index >= 15 is 0 Å². The molecule has 0 aliphatic carbocycles. The number of nitrogens with zero attached hydrogens (tertiary/aromatic N) is 2. The predicted molar refractivity (Wildman–Crippen MR) is 182 cm³/mol. The topological polar surface area (TPSA) is 98.0 Å². The Kier molecular flexibility index (Phi) is 8.74. The van der Waals surface area contributed by atoms with Gasteiger partial charge in [-0.2, -0.15) is 0 Å². The Labute approximate surface area is 272 Å². The van der Waals surface area contributed by atoms with Gasteiger partial charge in [-0.25, -0.2) is 9.97 Å². The molecule has 1 aliphatic rings. The number of Topliss-reactive ketones (excluding diaryl/α,β-unsaturated/α-hetero) is 1. The molecule has 0 bridgehead atoms. The van der Waals surface area contributed by atoms with Gasteiger partial charge in [-0.05, 0) is 78.6 Å². The molecule has 0 radical (unpaired) electrons. The average molecular weight is 741 g/mol. The van der Waals surface area contributed by atoms with Crippen molar-refractivity contribution in [1.82, 2.24) is 9.97 Å². The number of amides is 1. The Morgan fingerprint density at radius 2 is 1.60 bits per heavy atom. The second kappa shape index (κ2) is 12.5. The summed E-state index contributed by atoms with van der Waals surface area (Å²) in [6.07, 6.45) is 0.833. The van der Waals surface area contributed by atoms with Crippen molar-refractivity contribution in [1.29, 1.82) is 0 Å². The fourth-order valence-electron chi connectivity index (χ4n) is 4.88. The first-order valence-electron chi connectivity index (χ1n) is 13.0. The molecule has 1 amide bonds. The molecule has 3 heterocycles. The van der Waals surface area contributed by atoms with E-state index in [1.165, 1.54) is 40.3 Å². The fourth-order valence-corrected chi connectivity index (χ4v) is 9.13. The number of aromatic nitrogens is 2. The molecule has 11 heteroatoms. The van der Waals surface area contributed by atoms with Gasteiger partial charge in [0.25, 0.3) is 0 Å². The number of ketones is 1. The van der Waals surface area contributed by atoms with E-state index in [-0.39, 0.29) is 27.9 Å². The standard InChI is InChI=1S/C31H24Br2N4O2S3/c1-16(38)17-6-12-22(13-7-17)35-25(39)15-40-31-36-29(34)26-23-14-24(18-2-8-20(32)9-3-18)41-27(28(23)42-30(26)37-31)19-4-10-21(33)11-5-19/h2-13,24,27H,14-15H2,1H3,(H,35,39)(H2,34,36,37)/t24-,27+/m0/s1. The van der Waals surface area contributed by atoms with E-state index in [1.807, 2.05) is 11.8 Å². The van der Waals surface area contributed by atoms with Crippen molar-refractivity contribution in [3.63, 3.8) is 0 Å². The van der Waals surface area contributed by atoms with Gasteiger partial charge in [0.1, 0.15) is 10.6 Å². The van der Waals surface area contributed by atoms with Crippen molar-refractivity contribution in [3.8, 4) is 0 Å². The number of benzene rings is 3. The van der Waals surface area contributed by atoms with Crippen molar-refractivity contribution in [2.24, 2.45) is 0 Å². The lowest BCUT2D eigenvalue weighted by Crippen LogP contribution is -2.14. The molecule has 5 aromatic rings. The van der Waals surface area contributed by atoms with E-state index in [1.54, 1.807) is 35.6 Å². The molecular formula is C31H24Br2N4O2S3. The van der Waals surface area contributed by atoms with Crippen molar-refractivity contribution in [3.05, 3.63) is 109 Å². The van der Waals surface area contributed by atoms with E-state index in [0.717, 1.165) is 25.6 Å². The Hall–Kier alpha value is -2.70. The molecule has 0 saturated carbocycles. The van der Waals surface area contributed by atoms with Crippen LogP contribution >= 0.6 is 66.7 Å². The van der Waals surface area contributed by atoms with Gasteiger partial charge in [0.05, 0.1) is 16.4 Å². The Bertz CT molecular complexity index is 1790. The predicted octanol–water partition coefficient (Wildman–Crippen LogP) is 8.85. The summed E-state index contributed by atoms with van der Waals surface area (Å²) in [6, 6.07) is 23.9. The third-order valence-corrected chi connectivity index (χ3v) is 11.7. The first-order chi connectivity index (χ1) is 20.2. The minimum atomic E-state index is -0.188. The molecule has 0 saturated heterocycles. The maximum absolute atomic E-state index is 12.6. The third-order valence-electron chi connectivity index (χ3n) is 6.94. The number of fused-ring (bicyclic) bond motifs is 3. The monoisotopic (exact) mass is 738 g/mol. The van der Waals surface area contributed by atoms with Crippen molar-refractivity contribution >= 4 is 100 Å².